The maximum absolute atomic E-state index is 5.86. The molecular formula is C14H23ClIN3S. The van der Waals surface area contributed by atoms with Crippen LogP contribution in [0.1, 0.15) is 12.0 Å². The third-order valence-corrected chi connectivity index (χ3v) is 3.61. The Morgan fingerprint density at radius 3 is 2.45 bits per heavy atom. The van der Waals surface area contributed by atoms with Gasteiger partial charge in [-0.05, 0) is 42.5 Å². The van der Waals surface area contributed by atoms with E-state index >= 15 is 0 Å². The van der Waals surface area contributed by atoms with Crippen molar-refractivity contribution in [3.8, 4) is 0 Å². The number of thioether (sulfide) groups is 1. The van der Waals surface area contributed by atoms with Gasteiger partial charge in [-0.3, -0.25) is 4.99 Å². The third kappa shape index (κ3) is 8.92. The van der Waals surface area contributed by atoms with E-state index < -0.39 is 0 Å². The first-order chi connectivity index (χ1) is 9.26. The first-order valence-corrected chi connectivity index (χ1v) is 8.21. The van der Waals surface area contributed by atoms with Gasteiger partial charge >= 0.3 is 0 Å². The van der Waals surface area contributed by atoms with E-state index in [2.05, 4.69) is 34.0 Å². The van der Waals surface area contributed by atoms with E-state index in [4.69, 9.17) is 11.6 Å². The zero-order valence-corrected chi connectivity index (χ0v) is 15.9. The fourth-order valence-corrected chi connectivity index (χ4v) is 2.18. The van der Waals surface area contributed by atoms with E-state index in [1.54, 1.807) is 7.05 Å². The number of benzene rings is 1. The largest absolute Gasteiger partial charge is 0.356 e. The molecule has 114 valence electrons. The minimum Gasteiger partial charge on any atom is -0.356 e. The average molecular weight is 428 g/mol. The van der Waals surface area contributed by atoms with E-state index in [-0.39, 0.29) is 24.0 Å². The quantitative estimate of drug-likeness (QED) is 0.303. The number of guanidine groups is 1. The van der Waals surface area contributed by atoms with Crippen LogP contribution in [0.15, 0.2) is 29.3 Å². The van der Waals surface area contributed by atoms with Crippen molar-refractivity contribution in [3.63, 3.8) is 0 Å². The topological polar surface area (TPSA) is 36.4 Å². The zero-order valence-electron chi connectivity index (χ0n) is 12.0. The molecule has 0 aliphatic rings. The Morgan fingerprint density at radius 1 is 1.20 bits per heavy atom. The molecule has 1 aromatic rings. The Balaban J connectivity index is 0.00000361. The van der Waals surface area contributed by atoms with Gasteiger partial charge in [-0.25, -0.2) is 0 Å². The van der Waals surface area contributed by atoms with E-state index in [1.807, 2.05) is 23.9 Å². The lowest BCUT2D eigenvalue weighted by Gasteiger charge is -2.11. The first-order valence-electron chi connectivity index (χ1n) is 6.44. The molecule has 2 N–H and O–H groups in total. The summed E-state index contributed by atoms with van der Waals surface area (Å²) >= 11 is 7.72. The van der Waals surface area contributed by atoms with Gasteiger partial charge in [-0.1, -0.05) is 23.7 Å². The maximum Gasteiger partial charge on any atom is 0.190 e. The Kier molecular flexibility index (Phi) is 12.5. The van der Waals surface area contributed by atoms with Crippen molar-refractivity contribution in [3.05, 3.63) is 34.9 Å². The molecule has 1 aromatic carbocycles. The van der Waals surface area contributed by atoms with Crippen molar-refractivity contribution in [1.29, 1.82) is 0 Å². The fourth-order valence-electron chi connectivity index (χ4n) is 1.62. The van der Waals surface area contributed by atoms with Gasteiger partial charge in [-0.15, -0.1) is 24.0 Å². The van der Waals surface area contributed by atoms with E-state index in [0.717, 1.165) is 36.9 Å². The summed E-state index contributed by atoms with van der Waals surface area (Å²) in [6, 6.07) is 7.95. The molecule has 0 aromatic heterocycles. The summed E-state index contributed by atoms with van der Waals surface area (Å²) in [6.45, 7) is 1.82. The Labute approximate surface area is 148 Å². The van der Waals surface area contributed by atoms with E-state index in [9.17, 15) is 0 Å². The van der Waals surface area contributed by atoms with Gasteiger partial charge in [0.1, 0.15) is 0 Å². The molecule has 1 rings (SSSR count). The predicted molar refractivity (Wildman–Crippen MR) is 103 cm³/mol. The van der Waals surface area contributed by atoms with Gasteiger partial charge in [0.15, 0.2) is 5.96 Å². The van der Waals surface area contributed by atoms with Crippen molar-refractivity contribution in [1.82, 2.24) is 10.6 Å². The summed E-state index contributed by atoms with van der Waals surface area (Å²) in [6.07, 6.45) is 4.24. The number of halogens is 2. The zero-order chi connectivity index (χ0) is 13.9. The second-order valence-electron chi connectivity index (χ2n) is 4.15. The van der Waals surface area contributed by atoms with E-state index in [0.29, 0.717) is 0 Å². The first kappa shape index (κ1) is 19.9. The van der Waals surface area contributed by atoms with Crippen molar-refractivity contribution in [2.24, 2.45) is 4.99 Å². The highest BCUT2D eigenvalue weighted by Gasteiger charge is 1.97. The highest BCUT2D eigenvalue weighted by molar-refractivity contribution is 14.0. The molecule has 0 fully saturated rings. The number of aliphatic imine (C=N–C) groups is 1. The number of hydrogen-bond acceptors (Lipinski definition) is 2. The van der Waals surface area contributed by atoms with Crippen molar-refractivity contribution < 1.29 is 0 Å². The SMILES string of the molecule is CN=C(NCCCSC)NCCc1ccc(Cl)cc1.I. The Morgan fingerprint density at radius 2 is 1.85 bits per heavy atom. The highest BCUT2D eigenvalue weighted by atomic mass is 127. The van der Waals surface area contributed by atoms with Gasteiger partial charge in [0.05, 0.1) is 0 Å². The van der Waals surface area contributed by atoms with Gasteiger partial charge < -0.3 is 10.6 Å². The van der Waals surface area contributed by atoms with Gasteiger partial charge in [0, 0.05) is 25.2 Å². The number of rotatable bonds is 7. The van der Waals surface area contributed by atoms with Crippen LogP contribution in [0.3, 0.4) is 0 Å². The Bertz CT molecular complexity index is 385. The second kappa shape index (κ2) is 12.6. The lowest BCUT2D eigenvalue weighted by molar-refractivity contribution is 0.777. The molecule has 6 heteroatoms. The molecule has 0 unspecified atom stereocenters. The average Bonchev–Trinajstić information content (AvgIpc) is 2.43. The van der Waals surface area contributed by atoms with Crippen LogP contribution in [0.5, 0.6) is 0 Å². The smallest absolute Gasteiger partial charge is 0.190 e. The molecule has 0 aliphatic heterocycles. The van der Waals surface area contributed by atoms with Gasteiger partial charge in [0.2, 0.25) is 0 Å². The van der Waals surface area contributed by atoms with Crippen LogP contribution in [-0.4, -0.2) is 38.1 Å². The number of nitrogens with zero attached hydrogens (tertiary/aromatic N) is 1. The summed E-state index contributed by atoms with van der Waals surface area (Å²) in [4.78, 5) is 4.20. The number of nitrogens with one attached hydrogen (secondary N) is 2. The Hall–Kier alpha value is -0.140. The summed E-state index contributed by atoms with van der Waals surface area (Å²) in [5.41, 5.74) is 1.27. The minimum absolute atomic E-state index is 0. The normalized spacial score (nSPS) is 10.8. The van der Waals surface area contributed by atoms with Crippen molar-refractivity contribution in [2.75, 3.05) is 32.1 Å². The van der Waals surface area contributed by atoms with Gasteiger partial charge in [0.25, 0.3) is 0 Å². The molecule has 0 bridgehead atoms. The molecule has 0 atom stereocenters. The summed E-state index contributed by atoms with van der Waals surface area (Å²) in [5.74, 6) is 2.05. The van der Waals surface area contributed by atoms with E-state index in [1.165, 1.54) is 11.3 Å². The van der Waals surface area contributed by atoms with Gasteiger partial charge in [-0.2, -0.15) is 11.8 Å². The lowest BCUT2D eigenvalue weighted by Crippen LogP contribution is -2.38. The molecule has 0 amide bonds. The molecule has 0 radical (unpaired) electrons. The molecule has 0 heterocycles. The molecule has 0 saturated heterocycles. The van der Waals surface area contributed by atoms with Crippen molar-refractivity contribution >= 4 is 53.3 Å². The minimum atomic E-state index is 0. The molecule has 0 aliphatic carbocycles. The number of hydrogen-bond donors (Lipinski definition) is 2. The molecule has 0 saturated carbocycles. The fraction of sp³-hybridized carbons (Fsp3) is 0.500. The van der Waals surface area contributed by atoms with Crippen LogP contribution in [0.25, 0.3) is 0 Å². The van der Waals surface area contributed by atoms with Crippen LogP contribution < -0.4 is 10.6 Å². The molecular weight excluding hydrogens is 405 g/mol. The predicted octanol–water partition coefficient (Wildman–Crippen LogP) is 3.42. The van der Waals surface area contributed by atoms with Crippen LogP contribution in [0.2, 0.25) is 5.02 Å². The molecule has 0 spiro atoms. The monoisotopic (exact) mass is 427 g/mol. The second-order valence-corrected chi connectivity index (χ2v) is 5.57. The third-order valence-electron chi connectivity index (χ3n) is 2.66. The van der Waals surface area contributed by atoms with Crippen LogP contribution in [0, 0.1) is 0 Å². The van der Waals surface area contributed by atoms with Crippen molar-refractivity contribution in [2.45, 2.75) is 12.8 Å². The molecule has 20 heavy (non-hydrogen) atoms. The summed E-state index contributed by atoms with van der Waals surface area (Å²) in [7, 11) is 1.80. The van der Waals surface area contributed by atoms with Crippen LogP contribution in [0.4, 0.5) is 0 Å². The van der Waals surface area contributed by atoms with Crippen LogP contribution >= 0.6 is 47.3 Å². The highest BCUT2D eigenvalue weighted by Crippen LogP contribution is 2.09. The van der Waals surface area contributed by atoms with Crippen LogP contribution in [-0.2, 0) is 6.42 Å². The summed E-state index contributed by atoms with van der Waals surface area (Å²) < 4.78 is 0. The molecule has 3 nitrogen and oxygen atoms in total. The standard InChI is InChI=1S/C14H22ClN3S.HI/c1-16-14(17-9-3-11-19-2)18-10-8-12-4-6-13(15)7-5-12;/h4-7H,3,8-11H2,1-2H3,(H2,16,17,18);1H. The maximum atomic E-state index is 5.86. The lowest BCUT2D eigenvalue weighted by atomic mass is 10.1. The summed E-state index contributed by atoms with van der Waals surface area (Å²) in [5, 5.41) is 7.39.